The van der Waals surface area contributed by atoms with Crippen LogP contribution in [0.3, 0.4) is 0 Å². The fourth-order valence-corrected chi connectivity index (χ4v) is 6.13. The van der Waals surface area contributed by atoms with E-state index in [1.807, 2.05) is 19.0 Å². The monoisotopic (exact) mass is 504 g/mol. The summed E-state index contributed by atoms with van der Waals surface area (Å²) >= 11 is 15.9. The molecule has 0 aliphatic rings. The van der Waals surface area contributed by atoms with Crippen LogP contribution in [0.15, 0.2) is 45.8 Å². The predicted molar refractivity (Wildman–Crippen MR) is 117 cm³/mol. The Labute approximate surface area is 183 Å². The molecule has 0 radical (unpaired) electrons. The van der Waals surface area contributed by atoms with Crippen LogP contribution in [-0.4, -0.2) is 44.5 Å². The van der Waals surface area contributed by atoms with Crippen molar-refractivity contribution in [2.75, 3.05) is 27.2 Å². The van der Waals surface area contributed by atoms with Crippen molar-refractivity contribution >= 4 is 60.1 Å². The molecule has 1 heterocycles. The molecule has 0 fully saturated rings. The first-order valence-electron chi connectivity index (χ1n) is 8.42. The summed E-state index contributed by atoms with van der Waals surface area (Å²) in [7, 11) is -0.0607. The van der Waals surface area contributed by atoms with Gasteiger partial charge in [0.25, 0.3) is 10.0 Å². The molecular weight excluding hydrogens is 487 g/mol. The van der Waals surface area contributed by atoms with Crippen LogP contribution in [0.5, 0.6) is 5.75 Å². The van der Waals surface area contributed by atoms with E-state index in [9.17, 15) is 8.42 Å². The quantitative estimate of drug-likeness (QED) is 0.462. The Morgan fingerprint density at radius 1 is 1.18 bits per heavy atom. The van der Waals surface area contributed by atoms with Crippen LogP contribution in [0.1, 0.15) is 5.69 Å². The van der Waals surface area contributed by atoms with Gasteiger partial charge in [0.1, 0.15) is 17.3 Å². The van der Waals surface area contributed by atoms with Crippen molar-refractivity contribution in [3.05, 3.63) is 56.6 Å². The SMILES string of the molecule is Cc1c(OCCN(C)C)c2cc(Cl)cc(Cl)c2n1S(=O)(=O)c1ccccc1Br. The lowest BCUT2D eigenvalue weighted by molar-refractivity contribution is 0.262. The molecule has 0 aliphatic heterocycles. The molecule has 0 N–H and O–H groups in total. The number of rotatable bonds is 6. The topological polar surface area (TPSA) is 51.5 Å². The summed E-state index contributed by atoms with van der Waals surface area (Å²) in [6, 6.07) is 9.85. The number of benzene rings is 2. The van der Waals surface area contributed by atoms with E-state index in [4.69, 9.17) is 27.9 Å². The Balaban J connectivity index is 2.28. The molecule has 0 unspecified atom stereocenters. The fraction of sp³-hybridized carbons (Fsp3) is 0.263. The molecule has 28 heavy (non-hydrogen) atoms. The van der Waals surface area contributed by atoms with Gasteiger partial charge in [-0.05, 0) is 61.2 Å². The van der Waals surface area contributed by atoms with E-state index in [2.05, 4.69) is 15.9 Å². The summed E-state index contributed by atoms with van der Waals surface area (Å²) in [6.45, 7) is 2.77. The van der Waals surface area contributed by atoms with Crippen molar-refractivity contribution in [3.63, 3.8) is 0 Å². The lowest BCUT2D eigenvalue weighted by Crippen LogP contribution is -2.20. The first kappa shape index (κ1) is 21.5. The van der Waals surface area contributed by atoms with Crippen LogP contribution in [0.4, 0.5) is 0 Å². The number of aromatic nitrogens is 1. The standard InChI is InChI=1S/C19H19BrCl2N2O3S/c1-12-19(27-9-8-23(2)3)14-10-13(21)11-16(22)18(14)24(12)28(25,26)17-7-5-4-6-15(17)20/h4-7,10-11H,8-9H2,1-3H3. The Morgan fingerprint density at radius 2 is 1.86 bits per heavy atom. The van der Waals surface area contributed by atoms with Crippen LogP contribution >= 0.6 is 39.1 Å². The molecule has 0 amide bonds. The zero-order chi connectivity index (χ0) is 20.6. The van der Waals surface area contributed by atoms with Gasteiger partial charge in [-0.1, -0.05) is 35.3 Å². The van der Waals surface area contributed by atoms with Crippen molar-refractivity contribution in [1.82, 2.24) is 8.87 Å². The van der Waals surface area contributed by atoms with Gasteiger partial charge in [0.15, 0.2) is 0 Å². The Bertz CT molecular complexity index is 1140. The number of fused-ring (bicyclic) bond motifs is 1. The maximum Gasteiger partial charge on any atom is 0.269 e. The Kier molecular flexibility index (Phi) is 6.32. The molecule has 150 valence electrons. The molecule has 3 rings (SSSR count). The van der Waals surface area contributed by atoms with Gasteiger partial charge < -0.3 is 9.64 Å². The minimum absolute atomic E-state index is 0.140. The van der Waals surface area contributed by atoms with Crippen molar-refractivity contribution in [2.45, 2.75) is 11.8 Å². The van der Waals surface area contributed by atoms with Gasteiger partial charge in [0, 0.05) is 21.4 Å². The van der Waals surface area contributed by atoms with E-state index in [0.717, 1.165) is 0 Å². The van der Waals surface area contributed by atoms with Crippen LogP contribution in [-0.2, 0) is 10.0 Å². The minimum Gasteiger partial charge on any atom is -0.490 e. The second-order valence-corrected chi connectivity index (χ2v) is 10.0. The Morgan fingerprint density at radius 3 is 2.50 bits per heavy atom. The third kappa shape index (κ3) is 3.91. The molecule has 0 spiro atoms. The molecule has 5 nitrogen and oxygen atoms in total. The third-order valence-corrected chi connectivity index (χ3v) is 7.56. The van der Waals surface area contributed by atoms with Gasteiger partial charge in [-0.3, -0.25) is 0 Å². The average Bonchev–Trinajstić information content (AvgIpc) is 2.88. The van der Waals surface area contributed by atoms with E-state index in [-0.39, 0.29) is 9.92 Å². The molecule has 0 saturated carbocycles. The summed E-state index contributed by atoms with van der Waals surface area (Å²) in [5, 5.41) is 1.21. The van der Waals surface area contributed by atoms with E-state index >= 15 is 0 Å². The van der Waals surface area contributed by atoms with Gasteiger partial charge >= 0.3 is 0 Å². The van der Waals surface area contributed by atoms with Crippen LogP contribution < -0.4 is 4.74 Å². The van der Waals surface area contributed by atoms with E-state index < -0.39 is 10.0 Å². The van der Waals surface area contributed by atoms with Gasteiger partial charge in [-0.2, -0.15) is 0 Å². The Hall–Kier alpha value is -1.25. The van der Waals surface area contributed by atoms with Crippen LogP contribution in [0, 0.1) is 6.92 Å². The van der Waals surface area contributed by atoms with Gasteiger partial charge in [-0.25, -0.2) is 12.4 Å². The maximum absolute atomic E-state index is 13.5. The number of nitrogens with zero attached hydrogens (tertiary/aromatic N) is 2. The van der Waals surface area contributed by atoms with Gasteiger partial charge in [0.2, 0.25) is 0 Å². The molecule has 0 saturated heterocycles. The molecule has 2 aromatic carbocycles. The highest BCUT2D eigenvalue weighted by molar-refractivity contribution is 9.10. The molecular formula is C19H19BrCl2N2O3S. The minimum atomic E-state index is -3.93. The molecule has 0 bridgehead atoms. The third-order valence-electron chi connectivity index (χ3n) is 4.25. The summed E-state index contributed by atoms with van der Waals surface area (Å²) in [5.41, 5.74) is 0.785. The summed E-state index contributed by atoms with van der Waals surface area (Å²) < 4.78 is 34.7. The average molecular weight is 506 g/mol. The van der Waals surface area contributed by atoms with Crippen molar-refractivity contribution in [1.29, 1.82) is 0 Å². The smallest absolute Gasteiger partial charge is 0.269 e. The van der Waals surface area contributed by atoms with Gasteiger partial charge in [-0.15, -0.1) is 0 Å². The summed E-state index contributed by atoms with van der Waals surface area (Å²) in [5.74, 6) is 0.455. The number of hydrogen-bond acceptors (Lipinski definition) is 4. The number of halogens is 3. The number of hydrogen-bond donors (Lipinski definition) is 0. The zero-order valence-electron chi connectivity index (χ0n) is 15.5. The summed E-state index contributed by atoms with van der Waals surface area (Å²) in [6.07, 6.45) is 0. The maximum atomic E-state index is 13.5. The van der Waals surface area contributed by atoms with Crippen molar-refractivity contribution < 1.29 is 13.2 Å². The molecule has 3 aromatic rings. The lowest BCUT2D eigenvalue weighted by Gasteiger charge is -2.13. The first-order chi connectivity index (χ1) is 13.1. The number of likely N-dealkylation sites (N-methyl/N-ethyl adjacent to an activating group) is 1. The highest BCUT2D eigenvalue weighted by atomic mass is 79.9. The van der Waals surface area contributed by atoms with Crippen molar-refractivity contribution in [2.24, 2.45) is 0 Å². The highest BCUT2D eigenvalue weighted by Crippen LogP contribution is 2.41. The van der Waals surface area contributed by atoms with Crippen LogP contribution in [0.2, 0.25) is 10.0 Å². The van der Waals surface area contributed by atoms with E-state index in [0.29, 0.717) is 45.0 Å². The molecule has 1 aromatic heterocycles. The molecule has 9 heteroatoms. The van der Waals surface area contributed by atoms with E-state index in [1.54, 1.807) is 37.3 Å². The summed E-state index contributed by atoms with van der Waals surface area (Å²) in [4.78, 5) is 2.12. The van der Waals surface area contributed by atoms with E-state index in [1.165, 1.54) is 10.0 Å². The largest absolute Gasteiger partial charge is 0.490 e. The van der Waals surface area contributed by atoms with Gasteiger partial charge in [0.05, 0.1) is 16.2 Å². The second-order valence-electron chi connectivity index (χ2n) is 6.55. The number of ether oxygens (including phenoxy) is 1. The van der Waals surface area contributed by atoms with Crippen molar-refractivity contribution in [3.8, 4) is 5.75 Å². The first-order valence-corrected chi connectivity index (χ1v) is 11.4. The zero-order valence-corrected chi connectivity index (χ0v) is 19.5. The second kappa shape index (κ2) is 8.24. The lowest BCUT2D eigenvalue weighted by atomic mass is 10.2. The normalized spacial score (nSPS) is 12.1. The molecule has 0 aliphatic carbocycles. The highest BCUT2D eigenvalue weighted by Gasteiger charge is 2.29. The predicted octanol–water partition coefficient (Wildman–Crippen LogP) is 5.20. The molecule has 0 atom stereocenters. The van der Waals surface area contributed by atoms with Crippen LogP contribution in [0.25, 0.3) is 10.9 Å². The fourth-order valence-electron chi connectivity index (χ4n) is 2.97.